The fourth-order valence-electron chi connectivity index (χ4n) is 1.78. The number of hydrogen-bond donors (Lipinski definition) is 1. The number of benzene rings is 2. The molecule has 110 valence electrons. The molecule has 0 aliphatic heterocycles. The second-order valence-electron chi connectivity index (χ2n) is 4.24. The lowest BCUT2D eigenvalue weighted by Gasteiger charge is -2.09. The summed E-state index contributed by atoms with van der Waals surface area (Å²) in [7, 11) is 1.39. The third kappa shape index (κ3) is 3.61. The molecule has 0 fully saturated rings. The minimum Gasteiger partial charge on any atom is -0.494 e. The molecule has 0 heterocycles. The summed E-state index contributed by atoms with van der Waals surface area (Å²) in [5.74, 6) is -0.311. The predicted octanol–water partition coefficient (Wildman–Crippen LogP) is 4.01. The standard InChI is InChI=1S/C14H12ClFN2O3/c1-21-14-5-2-9(6-12(14)16)8-17-13-7-10(18(19)20)3-4-11(13)15/h2-7,17H,8H2,1H3. The van der Waals surface area contributed by atoms with Gasteiger partial charge in [-0.05, 0) is 23.8 Å². The van der Waals surface area contributed by atoms with Crippen LogP contribution in [0.15, 0.2) is 36.4 Å². The van der Waals surface area contributed by atoms with Gasteiger partial charge in [0.1, 0.15) is 0 Å². The smallest absolute Gasteiger partial charge is 0.271 e. The van der Waals surface area contributed by atoms with Crippen molar-refractivity contribution in [3.63, 3.8) is 0 Å². The quantitative estimate of drug-likeness (QED) is 0.669. The van der Waals surface area contributed by atoms with Crippen LogP contribution >= 0.6 is 11.6 Å². The number of non-ortho nitro benzene ring substituents is 1. The first-order chi connectivity index (χ1) is 10.0. The van der Waals surface area contributed by atoms with Crippen LogP contribution in [0.4, 0.5) is 15.8 Å². The highest BCUT2D eigenvalue weighted by atomic mass is 35.5. The Morgan fingerprint density at radius 3 is 2.71 bits per heavy atom. The number of rotatable bonds is 5. The summed E-state index contributed by atoms with van der Waals surface area (Å²) >= 11 is 5.97. The van der Waals surface area contributed by atoms with Gasteiger partial charge in [-0.2, -0.15) is 0 Å². The molecule has 0 saturated carbocycles. The van der Waals surface area contributed by atoms with Crippen molar-refractivity contribution in [3.8, 4) is 5.75 Å². The lowest BCUT2D eigenvalue weighted by Crippen LogP contribution is -2.01. The van der Waals surface area contributed by atoms with E-state index in [0.29, 0.717) is 16.3 Å². The number of nitrogens with one attached hydrogen (secondary N) is 1. The van der Waals surface area contributed by atoms with Crippen molar-refractivity contribution in [2.45, 2.75) is 6.54 Å². The van der Waals surface area contributed by atoms with Gasteiger partial charge in [0, 0.05) is 18.7 Å². The van der Waals surface area contributed by atoms with Crippen LogP contribution in [0.5, 0.6) is 5.75 Å². The fourth-order valence-corrected chi connectivity index (χ4v) is 1.96. The van der Waals surface area contributed by atoms with Crippen molar-refractivity contribution in [2.24, 2.45) is 0 Å². The maximum Gasteiger partial charge on any atom is 0.271 e. The van der Waals surface area contributed by atoms with Crippen LogP contribution in [0.3, 0.4) is 0 Å². The monoisotopic (exact) mass is 310 g/mol. The molecule has 5 nitrogen and oxygen atoms in total. The molecule has 0 bridgehead atoms. The van der Waals surface area contributed by atoms with Crippen LogP contribution in [0.1, 0.15) is 5.56 Å². The molecule has 0 unspecified atom stereocenters. The maximum atomic E-state index is 13.6. The average Bonchev–Trinajstić information content (AvgIpc) is 2.46. The molecule has 0 atom stereocenters. The number of nitrogens with zero attached hydrogens (tertiary/aromatic N) is 1. The maximum absolute atomic E-state index is 13.6. The molecule has 0 spiro atoms. The highest BCUT2D eigenvalue weighted by Crippen LogP contribution is 2.27. The molecule has 21 heavy (non-hydrogen) atoms. The molecule has 2 aromatic rings. The lowest BCUT2D eigenvalue weighted by molar-refractivity contribution is -0.384. The van der Waals surface area contributed by atoms with Crippen LogP contribution in [0.2, 0.25) is 5.02 Å². The zero-order chi connectivity index (χ0) is 15.4. The molecule has 7 heteroatoms. The average molecular weight is 311 g/mol. The van der Waals surface area contributed by atoms with Crippen LogP contribution in [0.25, 0.3) is 0 Å². The van der Waals surface area contributed by atoms with Crippen LogP contribution in [0, 0.1) is 15.9 Å². The van der Waals surface area contributed by atoms with E-state index in [0.717, 1.165) is 0 Å². The number of nitro groups is 1. The van der Waals surface area contributed by atoms with E-state index in [1.165, 1.54) is 37.4 Å². The highest BCUT2D eigenvalue weighted by molar-refractivity contribution is 6.33. The van der Waals surface area contributed by atoms with Gasteiger partial charge in [0.15, 0.2) is 11.6 Å². The van der Waals surface area contributed by atoms with E-state index in [1.54, 1.807) is 6.07 Å². The summed E-state index contributed by atoms with van der Waals surface area (Å²) in [6.07, 6.45) is 0. The summed E-state index contributed by atoms with van der Waals surface area (Å²) in [6, 6.07) is 8.64. The molecule has 0 aliphatic rings. The number of halogens is 2. The number of nitro benzene ring substituents is 1. The topological polar surface area (TPSA) is 64.4 Å². The highest BCUT2D eigenvalue weighted by Gasteiger charge is 2.10. The molecule has 2 aromatic carbocycles. The van der Waals surface area contributed by atoms with Crippen LogP contribution in [-0.2, 0) is 6.54 Å². The molecule has 0 radical (unpaired) electrons. The van der Waals surface area contributed by atoms with Crippen molar-refractivity contribution >= 4 is 23.0 Å². The van der Waals surface area contributed by atoms with Gasteiger partial charge < -0.3 is 10.1 Å². The van der Waals surface area contributed by atoms with E-state index in [-0.39, 0.29) is 18.0 Å². The normalized spacial score (nSPS) is 10.2. The molecule has 0 aliphatic carbocycles. The molecular formula is C14H12ClFN2O3. The first kappa shape index (κ1) is 15.1. The molecule has 0 amide bonds. The molecule has 0 aromatic heterocycles. The van der Waals surface area contributed by atoms with Crippen LogP contribution < -0.4 is 10.1 Å². The molecular weight excluding hydrogens is 299 g/mol. The lowest BCUT2D eigenvalue weighted by atomic mass is 10.2. The molecule has 0 saturated heterocycles. The van der Waals surface area contributed by atoms with E-state index < -0.39 is 10.7 Å². The van der Waals surface area contributed by atoms with Gasteiger partial charge in [0.25, 0.3) is 5.69 Å². The van der Waals surface area contributed by atoms with E-state index in [2.05, 4.69) is 5.32 Å². The van der Waals surface area contributed by atoms with E-state index >= 15 is 0 Å². The van der Waals surface area contributed by atoms with Gasteiger partial charge >= 0.3 is 0 Å². The molecule has 2 rings (SSSR count). The third-order valence-corrected chi connectivity index (χ3v) is 3.19. The minimum atomic E-state index is -0.505. The number of anilines is 1. The van der Waals surface area contributed by atoms with Gasteiger partial charge in [0.2, 0.25) is 0 Å². The second kappa shape index (κ2) is 6.41. The Bertz CT molecular complexity index is 679. The Morgan fingerprint density at radius 2 is 2.10 bits per heavy atom. The Balaban J connectivity index is 2.14. The fraction of sp³-hybridized carbons (Fsp3) is 0.143. The van der Waals surface area contributed by atoms with E-state index in [9.17, 15) is 14.5 Å². The second-order valence-corrected chi connectivity index (χ2v) is 4.65. The summed E-state index contributed by atoms with van der Waals surface area (Å²) in [5.41, 5.74) is 1.01. The SMILES string of the molecule is COc1ccc(CNc2cc([N+](=O)[O-])ccc2Cl)cc1F. The van der Waals surface area contributed by atoms with Crippen molar-refractivity contribution < 1.29 is 14.1 Å². The summed E-state index contributed by atoms with van der Waals surface area (Å²) in [4.78, 5) is 10.2. The van der Waals surface area contributed by atoms with Crippen molar-refractivity contribution in [2.75, 3.05) is 12.4 Å². The number of ether oxygens (including phenoxy) is 1. The van der Waals surface area contributed by atoms with Gasteiger partial charge in [-0.25, -0.2) is 4.39 Å². The van der Waals surface area contributed by atoms with Crippen LogP contribution in [-0.4, -0.2) is 12.0 Å². The van der Waals surface area contributed by atoms with Gasteiger partial charge in [-0.3, -0.25) is 10.1 Å². The first-order valence-electron chi connectivity index (χ1n) is 6.01. The minimum absolute atomic E-state index is 0.0668. The first-order valence-corrected chi connectivity index (χ1v) is 6.39. The Hall–Kier alpha value is -2.34. The van der Waals surface area contributed by atoms with Crippen molar-refractivity contribution in [3.05, 3.63) is 62.9 Å². The van der Waals surface area contributed by atoms with E-state index in [4.69, 9.17) is 16.3 Å². The van der Waals surface area contributed by atoms with Crippen molar-refractivity contribution in [1.29, 1.82) is 0 Å². The van der Waals surface area contributed by atoms with E-state index in [1.807, 2.05) is 0 Å². The third-order valence-electron chi connectivity index (χ3n) is 2.86. The Morgan fingerprint density at radius 1 is 1.33 bits per heavy atom. The predicted molar refractivity (Wildman–Crippen MR) is 78.4 cm³/mol. The zero-order valence-corrected chi connectivity index (χ0v) is 11.9. The number of methoxy groups -OCH3 is 1. The van der Waals surface area contributed by atoms with Gasteiger partial charge in [-0.15, -0.1) is 0 Å². The summed E-state index contributed by atoms with van der Waals surface area (Å²) in [6.45, 7) is 0.280. The van der Waals surface area contributed by atoms with Crippen molar-refractivity contribution in [1.82, 2.24) is 0 Å². The Kier molecular flexibility index (Phi) is 4.59. The largest absolute Gasteiger partial charge is 0.494 e. The van der Waals surface area contributed by atoms with Gasteiger partial charge in [0.05, 0.1) is 22.7 Å². The zero-order valence-electron chi connectivity index (χ0n) is 11.1. The number of hydrogen-bond acceptors (Lipinski definition) is 4. The summed E-state index contributed by atoms with van der Waals surface area (Å²) < 4.78 is 18.4. The molecule has 1 N–H and O–H groups in total. The van der Waals surface area contributed by atoms with Gasteiger partial charge in [-0.1, -0.05) is 17.7 Å². The Labute approximate surface area is 125 Å². The summed E-state index contributed by atoms with van der Waals surface area (Å²) in [5, 5.41) is 14.0.